The number of hydrogen-bond acceptors (Lipinski definition) is 2. The zero-order valence-electron chi connectivity index (χ0n) is 13.1. The Labute approximate surface area is 136 Å². The van der Waals surface area contributed by atoms with Gasteiger partial charge in [0, 0.05) is 31.3 Å². The predicted octanol–water partition coefficient (Wildman–Crippen LogP) is 4.53. The molecular weight excluding hydrogens is 298 g/mol. The van der Waals surface area contributed by atoms with Gasteiger partial charge in [-0.25, -0.2) is 0 Å². The van der Waals surface area contributed by atoms with E-state index in [-0.39, 0.29) is 5.91 Å². The van der Waals surface area contributed by atoms with E-state index in [1.54, 1.807) is 19.1 Å². The van der Waals surface area contributed by atoms with Crippen molar-refractivity contribution in [3.8, 4) is 11.1 Å². The quantitative estimate of drug-likeness (QED) is 0.811. The lowest BCUT2D eigenvalue weighted by atomic mass is 9.99. The van der Waals surface area contributed by atoms with Crippen molar-refractivity contribution in [2.75, 3.05) is 19.1 Å². The zero-order valence-corrected chi connectivity index (χ0v) is 13.9. The Morgan fingerprint density at radius 3 is 2.45 bits per heavy atom. The zero-order chi connectivity index (χ0) is 16.1. The maximum absolute atomic E-state index is 11.9. The van der Waals surface area contributed by atoms with E-state index < -0.39 is 0 Å². The molecule has 0 atom stereocenters. The lowest BCUT2D eigenvalue weighted by molar-refractivity contribution is -0.118. The summed E-state index contributed by atoms with van der Waals surface area (Å²) in [6.07, 6.45) is 0.481. The summed E-state index contributed by atoms with van der Waals surface area (Å²) in [4.78, 5) is 13.5. The predicted molar refractivity (Wildman–Crippen MR) is 91.3 cm³/mol. The highest BCUT2D eigenvalue weighted by Crippen LogP contribution is 2.29. The van der Waals surface area contributed by atoms with Crippen LogP contribution in [0.25, 0.3) is 11.1 Å². The lowest BCUT2D eigenvalue weighted by Gasteiger charge is -2.19. The third-order valence-corrected chi connectivity index (χ3v) is 3.86. The smallest absolute Gasteiger partial charge is 0.226 e. The van der Waals surface area contributed by atoms with Crippen molar-refractivity contribution in [1.82, 2.24) is 0 Å². The van der Waals surface area contributed by atoms with Crippen molar-refractivity contribution < 1.29 is 9.53 Å². The van der Waals surface area contributed by atoms with Crippen LogP contribution in [-0.4, -0.2) is 20.1 Å². The van der Waals surface area contributed by atoms with Crippen LogP contribution in [0.1, 0.15) is 18.9 Å². The minimum atomic E-state index is 0.0857. The Balaban J connectivity index is 2.43. The van der Waals surface area contributed by atoms with Gasteiger partial charge in [-0.1, -0.05) is 36.7 Å². The normalized spacial score (nSPS) is 10.5. The number of benzene rings is 2. The molecule has 0 N–H and O–H groups in total. The van der Waals surface area contributed by atoms with Crippen molar-refractivity contribution in [3.05, 3.63) is 53.1 Å². The van der Waals surface area contributed by atoms with E-state index in [2.05, 4.69) is 0 Å². The molecule has 2 aromatic rings. The minimum absolute atomic E-state index is 0.0857. The number of amides is 1. The highest BCUT2D eigenvalue weighted by molar-refractivity contribution is 6.30. The summed E-state index contributed by atoms with van der Waals surface area (Å²) < 4.78 is 5.31. The van der Waals surface area contributed by atoms with Crippen LogP contribution in [0.5, 0.6) is 0 Å². The summed E-state index contributed by atoms with van der Waals surface area (Å²) in [6.45, 7) is 2.34. The largest absolute Gasteiger partial charge is 0.380 e. The molecule has 0 bridgehead atoms. The number of rotatable bonds is 5. The van der Waals surface area contributed by atoms with Gasteiger partial charge < -0.3 is 9.64 Å². The van der Waals surface area contributed by atoms with E-state index in [1.165, 1.54) is 0 Å². The fourth-order valence-corrected chi connectivity index (χ4v) is 2.48. The average Bonchev–Trinajstić information content (AvgIpc) is 2.54. The standard InChI is InChI=1S/C18H20ClNO2/c1-4-18(21)20(2)16-9-10-17(14(11-16)12-22-3)13-5-7-15(19)8-6-13/h5-11H,4,12H2,1-3H3. The first-order chi connectivity index (χ1) is 10.6. The second-order valence-electron chi connectivity index (χ2n) is 5.09. The molecular formula is C18H20ClNO2. The van der Waals surface area contributed by atoms with Crippen LogP contribution >= 0.6 is 11.6 Å². The van der Waals surface area contributed by atoms with Crippen molar-refractivity contribution in [2.24, 2.45) is 0 Å². The maximum atomic E-state index is 11.9. The van der Waals surface area contributed by atoms with Gasteiger partial charge in [0.2, 0.25) is 5.91 Å². The summed E-state index contributed by atoms with van der Waals surface area (Å²) in [5, 5.41) is 0.710. The highest BCUT2D eigenvalue weighted by atomic mass is 35.5. The first-order valence-electron chi connectivity index (χ1n) is 7.21. The molecule has 0 saturated carbocycles. The van der Waals surface area contributed by atoms with Crippen molar-refractivity contribution in [3.63, 3.8) is 0 Å². The molecule has 3 nitrogen and oxygen atoms in total. The summed E-state index contributed by atoms with van der Waals surface area (Å²) in [7, 11) is 3.46. The van der Waals surface area contributed by atoms with Gasteiger partial charge in [0.1, 0.15) is 0 Å². The molecule has 1 amide bonds. The minimum Gasteiger partial charge on any atom is -0.380 e. The van der Waals surface area contributed by atoms with E-state index in [9.17, 15) is 4.79 Å². The number of methoxy groups -OCH3 is 1. The van der Waals surface area contributed by atoms with Crippen LogP contribution in [0.4, 0.5) is 5.69 Å². The van der Waals surface area contributed by atoms with Crippen molar-refractivity contribution in [1.29, 1.82) is 0 Å². The van der Waals surface area contributed by atoms with E-state index in [4.69, 9.17) is 16.3 Å². The fraction of sp³-hybridized carbons (Fsp3) is 0.278. The van der Waals surface area contributed by atoms with Crippen LogP contribution < -0.4 is 4.90 Å². The molecule has 0 aliphatic rings. The first kappa shape index (κ1) is 16.5. The first-order valence-corrected chi connectivity index (χ1v) is 7.59. The van der Waals surface area contributed by atoms with Gasteiger partial charge in [-0.15, -0.1) is 0 Å². The fourth-order valence-electron chi connectivity index (χ4n) is 2.36. The number of halogens is 1. The molecule has 2 aromatic carbocycles. The van der Waals surface area contributed by atoms with Gasteiger partial charge in [-0.3, -0.25) is 4.79 Å². The number of nitrogens with zero attached hydrogens (tertiary/aromatic N) is 1. The Kier molecular flexibility index (Phi) is 5.58. The molecule has 0 fully saturated rings. The topological polar surface area (TPSA) is 29.5 Å². The number of ether oxygens (including phenoxy) is 1. The van der Waals surface area contributed by atoms with Gasteiger partial charge in [0.05, 0.1) is 6.61 Å². The average molecular weight is 318 g/mol. The summed E-state index contributed by atoms with van der Waals surface area (Å²) in [6, 6.07) is 13.7. The monoisotopic (exact) mass is 317 g/mol. The molecule has 0 heterocycles. The molecule has 0 spiro atoms. The Bertz CT molecular complexity index is 653. The Morgan fingerprint density at radius 1 is 1.18 bits per heavy atom. The number of hydrogen-bond donors (Lipinski definition) is 0. The lowest BCUT2D eigenvalue weighted by Crippen LogP contribution is -2.25. The van der Waals surface area contributed by atoms with Crippen LogP contribution in [0.15, 0.2) is 42.5 Å². The highest BCUT2D eigenvalue weighted by Gasteiger charge is 2.12. The molecule has 116 valence electrons. The van der Waals surface area contributed by atoms with E-state index in [0.29, 0.717) is 18.1 Å². The number of carbonyl (C=O) groups excluding carboxylic acids is 1. The van der Waals surface area contributed by atoms with Crippen LogP contribution in [0.2, 0.25) is 5.02 Å². The molecule has 2 rings (SSSR count). The number of anilines is 1. The van der Waals surface area contributed by atoms with Crippen molar-refractivity contribution in [2.45, 2.75) is 20.0 Å². The summed E-state index contributed by atoms with van der Waals surface area (Å²) in [5.74, 6) is 0.0857. The SMILES string of the molecule is CCC(=O)N(C)c1ccc(-c2ccc(Cl)cc2)c(COC)c1. The van der Waals surface area contributed by atoms with Crippen LogP contribution in [-0.2, 0) is 16.1 Å². The molecule has 0 aliphatic carbocycles. The van der Waals surface area contributed by atoms with Gasteiger partial charge in [-0.2, -0.15) is 0 Å². The van der Waals surface area contributed by atoms with E-state index in [1.807, 2.05) is 49.4 Å². The van der Waals surface area contributed by atoms with E-state index in [0.717, 1.165) is 22.4 Å². The van der Waals surface area contributed by atoms with Gasteiger partial charge in [0.25, 0.3) is 0 Å². The molecule has 0 aromatic heterocycles. The molecule has 0 radical (unpaired) electrons. The van der Waals surface area contributed by atoms with Crippen LogP contribution in [0.3, 0.4) is 0 Å². The molecule has 4 heteroatoms. The van der Waals surface area contributed by atoms with E-state index >= 15 is 0 Å². The summed E-state index contributed by atoms with van der Waals surface area (Å²) in [5.41, 5.74) is 4.07. The summed E-state index contributed by atoms with van der Waals surface area (Å²) >= 11 is 5.95. The third kappa shape index (κ3) is 3.67. The molecule has 0 unspecified atom stereocenters. The molecule has 0 aliphatic heterocycles. The number of carbonyl (C=O) groups is 1. The second-order valence-corrected chi connectivity index (χ2v) is 5.52. The van der Waals surface area contributed by atoms with Gasteiger partial charge in [-0.05, 0) is 41.0 Å². The maximum Gasteiger partial charge on any atom is 0.226 e. The molecule has 22 heavy (non-hydrogen) atoms. The van der Waals surface area contributed by atoms with Crippen LogP contribution in [0, 0.1) is 0 Å². The Morgan fingerprint density at radius 2 is 1.86 bits per heavy atom. The van der Waals surface area contributed by atoms with Crippen molar-refractivity contribution >= 4 is 23.2 Å². The second kappa shape index (κ2) is 7.43. The molecule has 0 saturated heterocycles. The van der Waals surface area contributed by atoms with Gasteiger partial charge in [0.15, 0.2) is 0 Å². The van der Waals surface area contributed by atoms with Gasteiger partial charge >= 0.3 is 0 Å². The Hall–Kier alpha value is -1.84. The third-order valence-electron chi connectivity index (χ3n) is 3.61.